The van der Waals surface area contributed by atoms with Crippen molar-refractivity contribution in [2.45, 2.75) is 26.7 Å². The minimum Gasteiger partial charge on any atom is -0.465 e. The van der Waals surface area contributed by atoms with Crippen molar-refractivity contribution in [3.8, 4) is 0 Å². The van der Waals surface area contributed by atoms with E-state index in [1.807, 2.05) is 0 Å². The van der Waals surface area contributed by atoms with Gasteiger partial charge in [0, 0.05) is 6.54 Å². The maximum Gasteiger partial charge on any atom is 0.407 e. The van der Waals surface area contributed by atoms with Crippen LogP contribution in [0.4, 0.5) is 4.79 Å². The van der Waals surface area contributed by atoms with E-state index in [2.05, 4.69) is 17.0 Å². The molecule has 0 spiro atoms. The first-order chi connectivity index (χ1) is 7.63. The number of carbonyl (C=O) groups is 2. The molecule has 1 saturated carbocycles. The Morgan fingerprint density at radius 2 is 2.06 bits per heavy atom. The topological polar surface area (TPSA) is 64.6 Å². The Labute approximate surface area is 95.5 Å². The van der Waals surface area contributed by atoms with Gasteiger partial charge in [-0.2, -0.15) is 0 Å². The van der Waals surface area contributed by atoms with Crippen LogP contribution in [0.5, 0.6) is 0 Å². The van der Waals surface area contributed by atoms with E-state index in [4.69, 9.17) is 4.74 Å². The molecular weight excluding hydrogens is 210 g/mol. The monoisotopic (exact) mass is 229 g/mol. The van der Waals surface area contributed by atoms with Gasteiger partial charge in [0.05, 0.1) is 19.6 Å². The van der Waals surface area contributed by atoms with E-state index >= 15 is 0 Å². The van der Waals surface area contributed by atoms with Gasteiger partial charge in [0.1, 0.15) is 0 Å². The highest BCUT2D eigenvalue weighted by Crippen LogP contribution is 2.37. The Kier molecular flexibility index (Phi) is 5.08. The summed E-state index contributed by atoms with van der Waals surface area (Å²) in [5.74, 6) is 0.961. The molecule has 1 aliphatic carbocycles. The number of hydrogen-bond acceptors (Lipinski definition) is 4. The fourth-order valence-electron chi connectivity index (χ4n) is 1.35. The summed E-state index contributed by atoms with van der Waals surface area (Å²) < 4.78 is 9.69. The fourth-order valence-corrected chi connectivity index (χ4v) is 1.35. The lowest BCUT2D eigenvalue weighted by Crippen LogP contribution is -2.27. The van der Waals surface area contributed by atoms with E-state index in [1.165, 1.54) is 0 Å². The van der Waals surface area contributed by atoms with Gasteiger partial charge in [0.15, 0.2) is 0 Å². The van der Waals surface area contributed by atoms with Crippen LogP contribution in [0, 0.1) is 11.8 Å². The second-order valence-corrected chi connectivity index (χ2v) is 4.05. The Balaban J connectivity index is 1.95. The summed E-state index contributed by atoms with van der Waals surface area (Å²) in [7, 11) is 0. The first-order valence-corrected chi connectivity index (χ1v) is 5.69. The number of alkyl carbamates (subject to hydrolysis) is 1. The van der Waals surface area contributed by atoms with Crippen molar-refractivity contribution >= 4 is 12.1 Å². The van der Waals surface area contributed by atoms with Crippen LogP contribution < -0.4 is 5.32 Å². The van der Waals surface area contributed by atoms with Gasteiger partial charge >= 0.3 is 12.1 Å². The molecule has 0 aliphatic heterocycles. The SMILES string of the molecule is CCOC(=O)NCCC(=O)OC[C@H]1C[C@H]1C. The van der Waals surface area contributed by atoms with E-state index in [-0.39, 0.29) is 18.9 Å². The van der Waals surface area contributed by atoms with Gasteiger partial charge in [-0.05, 0) is 25.2 Å². The van der Waals surface area contributed by atoms with E-state index in [1.54, 1.807) is 6.92 Å². The van der Waals surface area contributed by atoms with Crippen molar-refractivity contribution in [3.05, 3.63) is 0 Å². The molecule has 0 unspecified atom stereocenters. The Hall–Kier alpha value is -1.26. The molecule has 1 fully saturated rings. The number of esters is 1. The van der Waals surface area contributed by atoms with Crippen LogP contribution in [0.3, 0.4) is 0 Å². The summed E-state index contributed by atoms with van der Waals surface area (Å²) in [6, 6.07) is 0. The Morgan fingerprint density at radius 1 is 1.38 bits per heavy atom. The number of hydrogen-bond donors (Lipinski definition) is 1. The molecule has 0 aromatic rings. The van der Waals surface area contributed by atoms with Crippen molar-refractivity contribution in [3.63, 3.8) is 0 Å². The third kappa shape index (κ3) is 5.00. The zero-order valence-corrected chi connectivity index (χ0v) is 9.82. The van der Waals surface area contributed by atoms with Gasteiger partial charge < -0.3 is 14.8 Å². The number of nitrogens with one attached hydrogen (secondary N) is 1. The third-order valence-electron chi connectivity index (χ3n) is 2.61. The lowest BCUT2D eigenvalue weighted by Gasteiger charge is -2.05. The molecule has 5 heteroatoms. The van der Waals surface area contributed by atoms with Crippen molar-refractivity contribution in [2.75, 3.05) is 19.8 Å². The van der Waals surface area contributed by atoms with Crippen LogP contribution in [-0.4, -0.2) is 31.8 Å². The van der Waals surface area contributed by atoms with Crippen molar-refractivity contribution in [1.82, 2.24) is 5.32 Å². The molecule has 0 aromatic carbocycles. The van der Waals surface area contributed by atoms with Crippen LogP contribution in [0.15, 0.2) is 0 Å². The lowest BCUT2D eigenvalue weighted by molar-refractivity contribution is -0.144. The summed E-state index contributed by atoms with van der Waals surface area (Å²) in [6.07, 6.45) is 0.847. The third-order valence-corrected chi connectivity index (χ3v) is 2.61. The molecule has 2 atom stereocenters. The quantitative estimate of drug-likeness (QED) is 0.698. The zero-order chi connectivity index (χ0) is 12.0. The maximum absolute atomic E-state index is 11.2. The van der Waals surface area contributed by atoms with Gasteiger partial charge in [-0.1, -0.05) is 6.92 Å². The summed E-state index contributed by atoms with van der Waals surface area (Å²) in [4.78, 5) is 22.1. The lowest BCUT2D eigenvalue weighted by atomic mass is 10.3. The summed E-state index contributed by atoms with van der Waals surface area (Å²) >= 11 is 0. The predicted molar refractivity (Wildman–Crippen MR) is 57.9 cm³/mol. The molecule has 5 nitrogen and oxygen atoms in total. The van der Waals surface area contributed by atoms with Crippen LogP contribution in [0.2, 0.25) is 0 Å². The van der Waals surface area contributed by atoms with Gasteiger partial charge in [0.25, 0.3) is 0 Å². The molecule has 1 rings (SSSR count). The van der Waals surface area contributed by atoms with Crippen molar-refractivity contribution < 1.29 is 19.1 Å². The van der Waals surface area contributed by atoms with E-state index in [0.29, 0.717) is 25.0 Å². The van der Waals surface area contributed by atoms with Crippen LogP contribution >= 0.6 is 0 Å². The first-order valence-electron chi connectivity index (χ1n) is 5.69. The highest BCUT2D eigenvalue weighted by atomic mass is 16.5. The molecule has 1 aliphatic rings. The maximum atomic E-state index is 11.2. The molecular formula is C11H19NO4. The number of ether oxygens (including phenoxy) is 2. The first kappa shape index (κ1) is 12.8. The minimum atomic E-state index is -0.494. The average Bonchev–Trinajstić information content (AvgIpc) is 2.92. The zero-order valence-electron chi connectivity index (χ0n) is 9.82. The minimum absolute atomic E-state index is 0.194. The van der Waals surface area contributed by atoms with Gasteiger partial charge in [-0.15, -0.1) is 0 Å². The van der Waals surface area contributed by atoms with Gasteiger partial charge in [0.2, 0.25) is 0 Å². The van der Waals surface area contributed by atoms with E-state index in [0.717, 1.165) is 6.42 Å². The summed E-state index contributed by atoms with van der Waals surface area (Å²) in [5, 5.41) is 2.46. The van der Waals surface area contributed by atoms with Gasteiger partial charge in [-0.3, -0.25) is 4.79 Å². The van der Waals surface area contributed by atoms with Crippen LogP contribution in [-0.2, 0) is 14.3 Å². The molecule has 0 bridgehead atoms. The Bertz CT molecular complexity index is 254. The van der Waals surface area contributed by atoms with Crippen molar-refractivity contribution in [1.29, 1.82) is 0 Å². The molecule has 16 heavy (non-hydrogen) atoms. The van der Waals surface area contributed by atoms with Crippen LogP contribution in [0.1, 0.15) is 26.7 Å². The molecule has 92 valence electrons. The molecule has 0 aromatic heterocycles. The highest BCUT2D eigenvalue weighted by molar-refractivity contribution is 5.71. The summed E-state index contributed by atoms with van der Waals surface area (Å²) in [6.45, 7) is 4.97. The number of rotatable bonds is 6. The van der Waals surface area contributed by atoms with Crippen molar-refractivity contribution in [2.24, 2.45) is 11.8 Å². The molecule has 0 radical (unpaired) electrons. The van der Waals surface area contributed by atoms with E-state index in [9.17, 15) is 9.59 Å². The van der Waals surface area contributed by atoms with E-state index < -0.39 is 6.09 Å². The molecule has 1 N–H and O–H groups in total. The second kappa shape index (κ2) is 6.35. The Morgan fingerprint density at radius 3 is 2.62 bits per heavy atom. The smallest absolute Gasteiger partial charge is 0.407 e. The molecule has 0 saturated heterocycles. The largest absolute Gasteiger partial charge is 0.465 e. The second-order valence-electron chi connectivity index (χ2n) is 4.05. The summed E-state index contributed by atoms with van der Waals surface area (Å²) in [5.41, 5.74) is 0. The fraction of sp³-hybridized carbons (Fsp3) is 0.818. The number of amides is 1. The van der Waals surface area contributed by atoms with Gasteiger partial charge in [-0.25, -0.2) is 4.79 Å². The highest BCUT2D eigenvalue weighted by Gasteiger charge is 2.33. The average molecular weight is 229 g/mol. The normalized spacial score (nSPS) is 22.4. The standard InChI is InChI=1S/C11H19NO4/c1-3-15-11(14)12-5-4-10(13)16-7-9-6-8(9)2/h8-9H,3-7H2,1-2H3,(H,12,14)/t8-,9-/m1/s1. The number of carbonyl (C=O) groups excluding carboxylic acids is 2. The molecule has 0 heterocycles. The molecule has 1 amide bonds. The van der Waals surface area contributed by atoms with Crippen LogP contribution in [0.25, 0.3) is 0 Å². The predicted octanol–water partition coefficient (Wildman–Crippen LogP) is 1.32.